The van der Waals surface area contributed by atoms with Gasteiger partial charge in [-0.15, -0.1) is 0 Å². The Hall–Kier alpha value is -3.22. The summed E-state index contributed by atoms with van der Waals surface area (Å²) in [4.78, 5) is 26.3. The maximum Gasteiger partial charge on any atom is 0.306 e. The maximum absolute atomic E-state index is 13.3. The van der Waals surface area contributed by atoms with Gasteiger partial charge < -0.3 is 20.3 Å². The average molecular weight is 961 g/mol. The predicted octanol–water partition coefficient (Wildman–Crippen LogP) is 18.1. The van der Waals surface area contributed by atoms with Crippen LogP contribution in [-0.4, -0.2) is 46.9 Å². The Kier molecular flexibility index (Phi) is 53.1. The lowest BCUT2D eigenvalue weighted by atomic mass is 10.0. The first kappa shape index (κ1) is 65.8. The number of carbonyl (C=O) groups is 2. The minimum atomic E-state index is -0.809. The first-order valence-corrected chi connectivity index (χ1v) is 29.0. The maximum atomic E-state index is 13.3. The molecule has 3 N–H and O–H groups in total. The summed E-state index contributed by atoms with van der Waals surface area (Å²) in [6.45, 7) is 6.37. The summed E-state index contributed by atoms with van der Waals surface area (Å²) in [5.41, 5.74) is 0. The number of hydrogen-bond donors (Lipinski definition) is 3. The van der Waals surface area contributed by atoms with Crippen molar-refractivity contribution in [2.45, 2.75) is 283 Å². The van der Waals surface area contributed by atoms with E-state index in [1.807, 2.05) is 24.3 Å². The van der Waals surface area contributed by atoms with E-state index >= 15 is 0 Å². The lowest BCUT2D eigenvalue weighted by Crippen LogP contribution is -2.46. The van der Waals surface area contributed by atoms with Crippen LogP contribution in [0.15, 0.2) is 97.2 Å². The Balaban J connectivity index is 4.66. The molecule has 6 nitrogen and oxygen atoms in total. The molecule has 0 aromatic heterocycles. The van der Waals surface area contributed by atoms with E-state index in [0.29, 0.717) is 19.3 Å². The minimum absolute atomic E-state index is 0.0362. The van der Waals surface area contributed by atoms with Crippen molar-refractivity contribution in [2.24, 2.45) is 0 Å². The van der Waals surface area contributed by atoms with E-state index in [-0.39, 0.29) is 24.9 Å². The van der Waals surface area contributed by atoms with Gasteiger partial charge in [-0.05, 0) is 83.5 Å². The molecular weight excluding hydrogens is 851 g/mol. The van der Waals surface area contributed by atoms with Crippen molar-refractivity contribution in [1.29, 1.82) is 0 Å². The third-order valence-corrected chi connectivity index (χ3v) is 12.7. The predicted molar refractivity (Wildman–Crippen MR) is 300 cm³/mol. The second kappa shape index (κ2) is 55.7. The normalized spacial score (nSPS) is 13.9. The van der Waals surface area contributed by atoms with Crippen molar-refractivity contribution in [3.8, 4) is 0 Å². The average Bonchev–Trinajstić information content (AvgIpc) is 3.34. The zero-order valence-corrected chi connectivity index (χ0v) is 45.2. The van der Waals surface area contributed by atoms with Crippen LogP contribution in [0.25, 0.3) is 0 Å². The third-order valence-electron chi connectivity index (χ3n) is 12.7. The molecule has 0 bridgehead atoms. The molecule has 0 fully saturated rings. The lowest BCUT2D eigenvalue weighted by Gasteiger charge is -2.24. The number of ether oxygens (including phenoxy) is 1. The van der Waals surface area contributed by atoms with Crippen LogP contribution in [0.5, 0.6) is 0 Å². The minimum Gasteiger partial charge on any atom is -0.462 e. The highest BCUT2D eigenvalue weighted by atomic mass is 16.5. The summed E-state index contributed by atoms with van der Waals surface area (Å²) in [5, 5.41) is 23.9. The van der Waals surface area contributed by atoms with Gasteiger partial charge in [-0.3, -0.25) is 9.59 Å². The van der Waals surface area contributed by atoms with Crippen molar-refractivity contribution in [1.82, 2.24) is 5.32 Å². The van der Waals surface area contributed by atoms with Gasteiger partial charge in [0.15, 0.2) is 0 Å². The molecule has 0 spiro atoms. The van der Waals surface area contributed by atoms with Gasteiger partial charge in [0, 0.05) is 6.42 Å². The number of nitrogens with one attached hydrogen (secondary N) is 1. The lowest BCUT2D eigenvalue weighted by molar-refractivity contribution is -0.151. The molecule has 1 amide bonds. The van der Waals surface area contributed by atoms with Gasteiger partial charge in [-0.2, -0.15) is 0 Å². The third kappa shape index (κ3) is 51.0. The first-order valence-electron chi connectivity index (χ1n) is 29.0. The number of allylic oxidation sites excluding steroid dienone is 16. The van der Waals surface area contributed by atoms with Crippen molar-refractivity contribution < 1.29 is 24.5 Å². The van der Waals surface area contributed by atoms with Crippen LogP contribution >= 0.6 is 0 Å². The molecule has 0 saturated heterocycles. The van der Waals surface area contributed by atoms with E-state index in [1.54, 1.807) is 0 Å². The standard InChI is InChI=1S/C63H109NO5/c1-4-7-10-13-16-19-22-25-28-30-32-35-38-41-44-47-50-53-56-63(68)69-59(54-51-48-45-42-39-36-33-27-24-21-18-15-12-9-6-3)57-62(67)64-60(58-65)61(66)55-52-49-46-43-40-37-34-31-29-26-23-20-17-14-11-8-5-2/h10,13,16,18-19,21-22,25,27-28,30,32-33,35,39,42,59-61,65-66H,4-9,11-12,14-15,17,20,23-24,26,29,31,34,36-38,40-41,43-58H2,1-3H3,(H,64,67)/b13-10+,19-16+,21-18-,25-22+,30-28+,33-27-,35-32+,42-39-. The van der Waals surface area contributed by atoms with Crippen LogP contribution in [0, 0.1) is 0 Å². The number of rotatable bonds is 51. The van der Waals surface area contributed by atoms with Gasteiger partial charge in [0.1, 0.15) is 6.10 Å². The summed E-state index contributed by atoms with van der Waals surface area (Å²) in [6.07, 6.45) is 74.6. The molecule has 0 aliphatic carbocycles. The van der Waals surface area contributed by atoms with Crippen molar-refractivity contribution in [3.63, 3.8) is 0 Å². The fraction of sp³-hybridized carbons (Fsp3) is 0.714. The summed E-state index contributed by atoms with van der Waals surface area (Å²) in [7, 11) is 0. The molecule has 0 aromatic carbocycles. The fourth-order valence-electron chi connectivity index (χ4n) is 8.35. The molecule has 0 saturated carbocycles. The van der Waals surface area contributed by atoms with Gasteiger partial charge in [0.05, 0.1) is 25.2 Å². The number of esters is 1. The molecule has 0 radical (unpaired) electrons. The van der Waals surface area contributed by atoms with E-state index in [0.717, 1.165) is 96.3 Å². The molecule has 0 aliphatic rings. The SMILES string of the molecule is CCC/C=C/C=C/C=C/C=C/C=C/CCCCCCCC(=O)OC(CCCC/C=C\C/C=C\C/C=C\CCCCC)CC(=O)NC(CO)C(O)CCCCCCCCCCCCCCCCCCC. The molecule has 69 heavy (non-hydrogen) atoms. The molecule has 0 aliphatic heterocycles. The monoisotopic (exact) mass is 960 g/mol. The quantitative estimate of drug-likeness (QED) is 0.0244. The molecule has 3 unspecified atom stereocenters. The molecule has 3 atom stereocenters. The van der Waals surface area contributed by atoms with Crippen LogP contribution in [0.4, 0.5) is 0 Å². The molecule has 0 rings (SSSR count). The van der Waals surface area contributed by atoms with Crippen molar-refractivity contribution in [3.05, 3.63) is 97.2 Å². The van der Waals surface area contributed by atoms with Crippen molar-refractivity contribution in [2.75, 3.05) is 6.61 Å². The van der Waals surface area contributed by atoms with Gasteiger partial charge in [0.25, 0.3) is 0 Å². The Labute approximate surface area is 426 Å². The summed E-state index contributed by atoms with van der Waals surface area (Å²) < 4.78 is 5.93. The largest absolute Gasteiger partial charge is 0.462 e. The Morgan fingerprint density at radius 2 is 0.826 bits per heavy atom. The second-order valence-electron chi connectivity index (χ2n) is 19.5. The second-order valence-corrected chi connectivity index (χ2v) is 19.5. The smallest absolute Gasteiger partial charge is 0.306 e. The number of aliphatic hydroxyl groups is 2. The number of unbranched alkanes of at least 4 members (excludes halogenated alkanes) is 27. The summed E-state index contributed by atoms with van der Waals surface area (Å²) >= 11 is 0. The molecule has 0 heterocycles. The highest BCUT2D eigenvalue weighted by Crippen LogP contribution is 2.18. The van der Waals surface area contributed by atoms with Crippen LogP contribution in [0.1, 0.15) is 265 Å². The van der Waals surface area contributed by atoms with Crippen LogP contribution in [0.3, 0.4) is 0 Å². The van der Waals surface area contributed by atoms with E-state index in [2.05, 4.69) is 99.0 Å². The number of hydrogen-bond acceptors (Lipinski definition) is 5. The summed E-state index contributed by atoms with van der Waals surface area (Å²) in [5.74, 6) is -0.542. The van der Waals surface area contributed by atoms with E-state index in [4.69, 9.17) is 4.74 Å². The zero-order valence-electron chi connectivity index (χ0n) is 45.2. The first-order chi connectivity index (χ1) is 34.0. The molecule has 0 aromatic rings. The van der Waals surface area contributed by atoms with Crippen molar-refractivity contribution >= 4 is 11.9 Å². The number of aliphatic hydroxyl groups excluding tert-OH is 2. The molecular formula is C63H109NO5. The van der Waals surface area contributed by atoms with E-state index in [9.17, 15) is 19.8 Å². The topological polar surface area (TPSA) is 95.9 Å². The fourth-order valence-corrected chi connectivity index (χ4v) is 8.35. The van der Waals surface area contributed by atoms with Gasteiger partial charge in [-0.1, -0.05) is 266 Å². The Bertz CT molecular complexity index is 1350. The number of amides is 1. The zero-order chi connectivity index (χ0) is 50.2. The van der Waals surface area contributed by atoms with Gasteiger partial charge in [0.2, 0.25) is 5.91 Å². The molecule has 396 valence electrons. The van der Waals surface area contributed by atoms with Crippen LogP contribution in [-0.2, 0) is 14.3 Å². The van der Waals surface area contributed by atoms with E-state index in [1.165, 1.54) is 122 Å². The van der Waals surface area contributed by atoms with Crippen LogP contribution < -0.4 is 5.32 Å². The Morgan fingerprint density at radius 3 is 1.35 bits per heavy atom. The Morgan fingerprint density at radius 1 is 0.435 bits per heavy atom. The number of carbonyl (C=O) groups excluding carboxylic acids is 2. The van der Waals surface area contributed by atoms with Gasteiger partial charge in [-0.25, -0.2) is 0 Å². The van der Waals surface area contributed by atoms with Gasteiger partial charge >= 0.3 is 5.97 Å². The van der Waals surface area contributed by atoms with E-state index < -0.39 is 18.2 Å². The molecule has 6 heteroatoms. The highest BCUT2D eigenvalue weighted by molar-refractivity contribution is 5.77. The highest BCUT2D eigenvalue weighted by Gasteiger charge is 2.24. The van der Waals surface area contributed by atoms with Crippen LogP contribution in [0.2, 0.25) is 0 Å². The summed E-state index contributed by atoms with van der Waals surface area (Å²) in [6, 6.07) is -0.726.